The number of fused-ring (bicyclic) bond motifs is 1. The van der Waals surface area contributed by atoms with Crippen LogP contribution in [0.4, 0.5) is 0 Å². The number of benzene rings is 3. The van der Waals surface area contributed by atoms with Gasteiger partial charge in [0.2, 0.25) is 0 Å². The summed E-state index contributed by atoms with van der Waals surface area (Å²) < 4.78 is 21.9. The van der Waals surface area contributed by atoms with Crippen LogP contribution >= 0.6 is 0 Å². The summed E-state index contributed by atoms with van der Waals surface area (Å²) in [6, 6.07) is 22.6. The van der Waals surface area contributed by atoms with Gasteiger partial charge in [0.15, 0.2) is 11.5 Å². The van der Waals surface area contributed by atoms with E-state index in [1.54, 1.807) is 38.5 Å². The molecule has 0 unspecified atom stereocenters. The summed E-state index contributed by atoms with van der Waals surface area (Å²) in [7, 11) is 3.13. The van der Waals surface area contributed by atoms with Crippen molar-refractivity contribution in [1.82, 2.24) is 0 Å². The van der Waals surface area contributed by atoms with Crippen LogP contribution in [-0.2, 0) is 0 Å². The second-order valence-corrected chi connectivity index (χ2v) is 6.84. The van der Waals surface area contributed by atoms with Crippen molar-refractivity contribution in [3.8, 4) is 28.4 Å². The lowest BCUT2D eigenvalue weighted by Gasteiger charge is -2.10. The maximum atomic E-state index is 12.6. The van der Waals surface area contributed by atoms with Gasteiger partial charge in [-0.3, -0.25) is 0 Å². The zero-order valence-electron chi connectivity index (χ0n) is 17.3. The van der Waals surface area contributed by atoms with Crippen LogP contribution in [0.25, 0.3) is 28.2 Å². The van der Waals surface area contributed by atoms with Crippen LogP contribution in [0.2, 0.25) is 0 Å². The van der Waals surface area contributed by atoms with Gasteiger partial charge in [0, 0.05) is 11.5 Å². The molecule has 1 aromatic heterocycles. The van der Waals surface area contributed by atoms with Gasteiger partial charge in [-0.15, -0.1) is 0 Å². The summed E-state index contributed by atoms with van der Waals surface area (Å²) in [5, 5.41) is 0.802. The van der Waals surface area contributed by atoms with E-state index in [0.29, 0.717) is 40.6 Å². The lowest BCUT2D eigenvalue weighted by Crippen LogP contribution is -2.03. The van der Waals surface area contributed by atoms with Gasteiger partial charge in [-0.25, -0.2) is 4.79 Å². The number of rotatable bonds is 7. The zero-order valence-corrected chi connectivity index (χ0v) is 17.3. The Bertz CT molecular complexity index is 1270. The molecule has 5 nitrogen and oxygen atoms in total. The standard InChI is InChI=1S/C26H22O5/c1-28-23-13-11-19(16-25(23)29-2)22-15-20-10-12-21(17-24(20)31-26(22)27)30-14-6-9-18-7-4-3-5-8-18/h3-13,15-17H,14H2,1-2H3. The highest BCUT2D eigenvalue weighted by molar-refractivity contribution is 5.83. The molecule has 0 radical (unpaired) electrons. The van der Waals surface area contributed by atoms with Crippen LogP contribution in [0.15, 0.2) is 88.1 Å². The Kier molecular flexibility index (Phi) is 6.03. The normalized spacial score (nSPS) is 11.0. The molecule has 4 rings (SSSR count). The van der Waals surface area contributed by atoms with Crippen molar-refractivity contribution in [1.29, 1.82) is 0 Å². The molecule has 156 valence electrons. The smallest absolute Gasteiger partial charge is 0.344 e. The van der Waals surface area contributed by atoms with Crippen molar-refractivity contribution in [2.75, 3.05) is 20.8 Å². The number of methoxy groups -OCH3 is 2. The first-order chi connectivity index (χ1) is 15.2. The first kappa shape index (κ1) is 20.3. The molecule has 0 fully saturated rings. The Morgan fingerprint density at radius 3 is 2.45 bits per heavy atom. The molecule has 31 heavy (non-hydrogen) atoms. The van der Waals surface area contributed by atoms with Crippen LogP contribution in [0.3, 0.4) is 0 Å². The van der Waals surface area contributed by atoms with Gasteiger partial charge < -0.3 is 18.6 Å². The lowest BCUT2D eigenvalue weighted by atomic mass is 10.1. The fraction of sp³-hybridized carbons (Fsp3) is 0.115. The first-order valence-corrected chi connectivity index (χ1v) is 9.82. The van der Waals surface area contributed by atoms with E-state index >= 15 is 0 Å². The minimum atomic E-state index is -0.430. The highest BCUT2D eigenvalue weighted by atomic mass is 16.5. The minimum absolute atomic E-state index is 0.411. The minimum Gasteiger partial charge on any atom is -0.493 e. The third-order valence-corrected chi connectivity index (χ3v) is 4.86. The molecule has 0 aliphatic rings. The topological polar surface area (TPSA) is 57.9 Å². The fourth-order valence-electron chi connectivity index (χ4n) is 3.28. The molecule has 0 aliphatic carbocycles. The Hall–Kier alpha value is -3.99. The maximum Gasteiger partial charge on any atom is 0.344 e. The van der Waals surface area contributed by atoms with Crippen molar-refractivity contribution >= 4 is 17.0 Å². The molecule has 3 aromatic carbocycles. The molecule has 0 spiro atoms. The van der Waals surface area contributed by atoms with Crippen LogP contribution in [0.1, 0.15) is 5.56 Å². The van der Waals surface area contributed by atoms with Crippen molar-refractivity contribution in [3.63, 3.8) is 0 Å². The first-order valence-electron chi connectivity index (χ1n) is 9.82. The second-order valence-electron chi connectivity index (χ2n) is 6.84. The average molecular weight is 414 g/mol. The molecule has 0 aliphatic heterocycles. The number of ether oxygens (including phenoxy) is 3. The van der Waals surface area contributed by atoms with E-state index in [9.17, 15) is 4.79 Å². The molecule has 0 saturated carbocycles. The molecule has 0 saturated heterocycles. The molecule has 0 bridgehead atoms. The van der Waals surface area contributed by atoms with Crippen LogP contribution < -0.4 is 19.8 Å². The van der Waals surface area contributed by atoms with E-state index in [1.165, 1.54) is 0 Å². The van der Waals surface area contributed by atoms with Crippen molar-refractivity contribution in [2.45, 2.75) is 0 Å². The summed E-state index contributed by atoms with van der Waals surface area (Å²) in [5.74, 6) is 1.78. The third kappa shape index (κ3) is 4.61. The van der Waals surface area contributed by atoms with Gasteiger partial charge in [-0.05, 0) is 47.5 Å². The number of hydrogen-bond donors (Lipinski definition) is 0. The van der Waals surface area contributed by atoms with E-state index in [0.717, 1.165) is 10.9 Å². The molecule has 0 atom stereocenters. The van der Waals surface area contributed by atoms with E-state index in [1.807, 2.05) is 60.7 Å². The van der Waals surface area contributed by atoms with Gasteiger partial charge in [-0.2, -0.15) is 0 Å². The van der Waals surface area contributed by atoms with Gasteiger partial charge >= 0.3 is 5.63 Å². The Morgan fingerprint density at radius 2 is 1.68 bits per heavy atom. The number of hydrogen-bond acceptors (Lipinski definition) is 5. The predicted molar refractivity (Wildman–Crippen MR) is 122 cm³/mol. The van der Waals surface area contributed by atoms with E-state index in [4.69, 9.17) is 18.6 Å². The van der Waals surface area contributed by atoms with E-state index in [-0.39, 0.29) is 0 Å². The molecular formula is C26H22O5. The Balaban J connectivity index is 1.55. The molecule has 4 aromatic rings. The molecule has 0 amide bonds. The van der Waals surface area contributed by atoms with Crippen LogP contribution in [0.5, 0.6) is 17.2 Å². The molecular weight excluding hydrogens is 392 g/mol. The highest BCUT2D eigenvalue weighted by Crippen LogP contribution is 2.32. The summed E-state index contributed by atoms with van der Waals surface area (Å²) >= 11 is 0. The molecule has 1 heterocycles. The van der Waals surface area contributed by atoms with Crippen molar-refractivity contribution < 1.29 is 18.6 Å². The second kappa shape index (κ2) is 9.22. The summed E-state index contributed by atoms with van der Waals surface area (Å²) in [4.78, 5) is 12.6. The molecule has 0 N–H and O–H groups in total. The van der Waals surface area contributed by atoms with Gasteiger partial charge in [-0.1, -0.05) is 42.5 Å². The van der Waals surface area contributed by atoms with Crippen molar-refractivity contribution in [2.24, 2.45) is 0 Å². The quantitative estimate of drug-likeness (QED) is 0.370. The van der Waals surface area contributed by atoms with Crippen molar-refractivity contribution in [3.05, 3.63) is 94.9 Å². The SMILES string of the molecule is COc1ccc(-c2cc3ccc(OCC=Cc4ccccc4)cc3oc2=O)cc1OC. The van der Waals surface area contributed by atoms with Gasteiger partial charge in [0.05, 0.1) is 19.8 Å². The zero-order chi connectivity index (χ0) is 21.6. The third-order valence-electron chi connectivity index (χ3n) is 4.86. The van der Waals surface area contributed by atoms with Gasteiger partial charge in [0.25, 0.3) is 0 Å². The van der Waals surface area contributed by atoms with Crippen LogP contribution in [0, 0.1) is 0 Å². The van der Waals surface area contributed by atoms with E-state index < -0.39 is 5.63 Å². The monoisotopic (exact) mass is 414 g/mol. The Morgan fingerprint density at radius 1 is 0.871 bits per heavy atom. The average Bonchev–Trinajstić information content (AvgIpc) is 2.81. The highest BCUT2D eigenvalue weighted by Gasteiger charge is 2.12. The lowest BCUT2D eigenvalue weighted by molar-refractivity contribution is 0.355. The van der Waals surface area contributed by atoms with E-state index in [2.05, 4.69) is 0 Å². The summed E-state index contributed by atoms with van der Waals surface area (Å²) in [6.45, 7) is 0.411. The van der Waals surface area contributed by atoms with Gasteiger partial charge in [0.1, 0.15) is 17.9 Å². The summed E-state index contributed by atoms with van der Waals surface area (Å²) in [5.41, 5.74) is 2.30. The Labute approximate surface area is 180 Å². The molecule has 5 heteroatoms. The predicted octanol–water partition coefficient (Wildman–Crippen LogP) is 5.57. The largest absolute Gasteiger partial charge is 0.493 e. The maximum absolute atomic E-state index is 12.6. The fourth-order valence-corrected chi connectivity index (χ4v) is 3.28. The summed E-state index contributed by atoms with van der Waals surface area (Å²) in [6.07, 6.45) is 3.94. The van der Waals surface area contributed by atoms with Crippen LogP contribution in [-0.4, -0.2) is 20.8 Å².